The molecule has 1 aromatic carbocycles. The molecule has 0 N–H and O–H groups in total. The fourth-order valence-corrected chi connectivity index (χ4v) is 2.80. The number of hydrazone groups is 1. The smallest absolute Gasteiger partial charge is 0.256 e. The molecule has 5 heteroatoms. The summed E-state index contributed by atoms with van der Waals surface area (Å²) < 4.78 is 13.5. The highest BCUT2D eigenvalue weighted by Gasteiger charge is 2.36. The van der Waals surface area contributed by atoms with Crippen molar-refractivity contribution in [2.45, 2.75) is 32.1 Å². The highest BCUT2D eigenvalue weighted by Crippen LogP contribution is 2.32. The lowest BCUT2D eigenvalue weighted by molar-refractivity contribution is -0.119. The number of carbonyl (C=O) groups is 1. The first kappa shape index (κ1) is 12.6. The number of rotatable bonds is 1. The van der Waals surface area contributed by atoms with Crippen molar-refractivity contribution in [2.75, 3.05) is 5.01 Å². The van der Waals surface area contributed by atoms with Crippen molar-refractivity contribution in [1.82, 2.24) is 0 Å². The van der Waals surface area contributed by atoms with Crippen LogP contribution in [0, 0.1) is 11.7 Å². The van der Waals surface area contributed by atoms with Crippen LogP contribution >= 0.6 is 11.6 Å². The maximum absolute atomic E-state index is 13.5. The van der Waals surface area contributed by atoms with E-state index in [-0.39, 0.29) is 16.8 Å². The van der Waals surface area contributed by atoms with Crippen molar-refractivity contribution in [3.8, 4) is 0 Å². The summed E-state index contributed by atoms with van der Waals surface area (Å²) in [6.45, 7) is 0. The molecule has 0 saturated heterocycles. The normalized spacial score (nSPS) is 23.1. The van der Waals surface area contributed by atoms with Crippen molar-refractivity contribution in [1.29, 1.82) is 0 Å². The van der Waals surface area contributed by atoms with Crippen LogP contribution in [-0.4, -0.2) is 11.6 Å². The number of hydrogen-bond donors (Lipinski definition) is 0. The SMILES string of the molecule is O=C1C2CCCCCC2=NN1c1ccc(Cl)c(F)c1. The number of carbonyl (C=O) groups excluding carboxylic acids is 1. The largest absolute Gasteiger partial charge is 0.272 e. The van der Waals surface area contributed by atoms with Gasteiger partial charge in [0.1, 0.15) is 5.82 Å². The van der Waals surface area contributed by atoms with E-state index in [2.05, 4.69) is 5.10 Å². The highest BCUT2D eigenvalue weighted by molar-refractivity contribution is 6.30. The first-order valence-electron chi connectivity index (χ1n) is 6.53. The van der Waals surface area contributed by atoms with Crippen LogP contribution in [0.25, 0.3) is 0 Å². The minimum Gasteiger partial charge on any atom is -0.272 e. The van der Waals surface area contributed by atoms with Crippen molar-refractivity contribution in [2.24, 2.45) is 11.0 Å². The van der Waals surface area contributed by atoms with E-state index in [9.17, 15) is 9.18 Å². The Kier molecular flexibility index (Phi) is 3.27. The number of anilines is 1. The van der Waals surface area contributed by atoms with Gasteiger partial charge in [0, 0.05) is 6.07 Å². The summed E-state index contributed by atoms with van der Waals surface area (Å²) in [5, 5.41) is 5.76. The predicted octanol–water partition coefficient (Wildman–Crippen LogP) is 3.76. The van der Waals surface area contributed by atoms with Gasteiger partial charge in [0.05, 0.1) is 22.3 Å². The monoisotopic (exact) mass is 280 g/mol. The molecule has 1 aromatic rings. The minimum atomic E-state index is -0.528. The number of halogens is 2. The predicted molar refractivity (Wildman–Crippen MR) is 72.9 cm³/mol. The van der Waals surface area contributed by atoms with Gasteiger partial charge in [-0.15, -0.1) is 0 Å². The van der Waals surface area contributed by atoms with Gasteiger partial charge in [0.25, 0.3) is 5.91 Å². The Hall–Kier alpha value is -1.42. The topological polar surface area (TPSA) is 32.7 Å². The highest BCUT2D eigenvalue weighted by atomic mass is 35.5. The van der Waals surface area contributed by atoms with Gasteiger partial charge < -0.3 is 0 Å². The first-order valence-corrected chi connectivity index (χ1v) is 6.91. The summed E-state index contributed by atoms with van der Waals surface area (Å²) in [5.74, 6) is -0.681. The third-order valence-electron chi connectivity index (χ3n) is 3.71. The van der Waals surface area contributed by atoms with Gasteiger partial charge >= 0.3 is 0 Å². The minimum absolute atomic E-state index is 0.0429. The van der Waals surface area contributed by atoms with E-state index in [1.807, 2.05) is 0 Å². The van der Waals surface area contributed by atoms with Crippen LogP contribution in [0.4, 0.5) is 10.1 Å². The molecule has 3 nitrogen and oxygen atoms in total. The van der Waals surface area contributed by atoms with E-state index in [4.69, 9.17) is 11.6 Å². The van der Waals surface area contributed by atoms with Gasteiger partial charge in [-0.05, 0) is 31.4 Å². The standard InChI is InChI=1S/C14H14ClFN2O/c15-11-7-6-9(8-12(11)16)18-14(19)10-4-2-1-3-5-13(10)17-18/h6-8,10H,1-5H2. The van der Waals surface area contributed by atoms with E-state index in [0.717, 1.165) is 37.8 Å². The van der Waals surface area contributed by atoms with Gasteiger partial charge in [-0.25, -0.2) is 9.40 Å². The number of benzene rings is 1. The van der Waals surface area contributed by atoms with Crippen molar-refractivity contribution < 1.29 is 9.18 Å². The lowest BCUT2D eigenvalue weighted by Crippen LogP contribution is -2.27. The van der Waals surface area contributed by atoms with Crippen molar-refractivity contribution in [3.05, 3.63) is 29.0 Å². The molecule has 100 valence electrons. The third-order valence-corrected chi connectivity index (χ3v) is 4.02. The van der Waals surface area contributed by atoms with Gasteiger partial charge in [0.15, 0.2) is 0 Å². The fourth-order valence-electron chi connectivity index (χ4n) is 2.68. The Morgan fingerprint density at radius 3 is 2.95 bits per heavy atom. The quantitative estimate of drug-likeness (QED) is 0.771. The molecule has 1 unspecified atom stereocenters. The average molecular weight is 281 g/mol. The van der Waals surface area contributed by atoms with E-state index < -0.39 is 5.82 Å². The van der Waals surface area contributed by atoms with Gasteiger partial charge in [-0.1, -0.05) is 24.4 Å². The lowest BCUT2D eigenvalue weighted by atomic mass is 9.98. The third kappa shape index (κ3) is 2.25. The first-order chi connectivity index (χ1) is 9.16. The molecule has 2 aliphatic rings. The van der Waals surface area contributed by atoms with Gasteiger partial charge in [0.2, 0.25) is 0 Å². The molecule has 0 bridgehead atoms. The Morgan fingerprint density at radius 2 is 2.16 bits per heavy atom. The van der Waals surface area contributed by atoms with Crippen LogP contribution in [0.5, 0.6) is 0 Å². The lowest BCUT2D eigenvalue weighted by Gasteiger charge is -2.14. The van der Waals surface area contributed by atoms with E-state index in [1.165, 1.54) is 17.1 Å². The molecule has 1 atom stereocenters. The van der Waals surface area contributed by atoms with E-state index >= 15 is 0 Å². The molecule has 1 amide bonds. The second kappa shape index (κ2) is 4.93. The van der Waals surface area contributed by atoms with Crippen LogP contribution in [0.2, 0.25) is 5.02 Å². The Labute approximate surface area is 116 Å². The van der Waals surface area contributed by atoms with Crippen LogP contribution < -0.4 is 5.01 Å². The molecular weight excluding hydrogens is 267 g/mol. The summed E-state index contributed by atoms with van der Waals surface area (Å²) in [4.78, 5) is 12.3. The van der Waals surface area contributed by atoms with E-state index in [0.29, 0.717) is 5.69 Å². The molecule has 0 aromatic heterocycles. The Balaban J connectivity index is 1.93. The van der Waals surface area contributed by atoms with Crippen LogP contribution in [0.1, 0.15) is 32.1 Å². The second-order valence-electron chi connectivity index (χ2n) is 4.99. The summed E-state index contributed by atoms with van der Waals surface area (Å²) in [7, 11) is 0. The maximum atomic E-state index is 13.5. The summed E-state index contributed by atoms with van der Waals surface area (Å²) in [5.41, 5.74) is 1.39. The van der Waals surface area contributed by atoms with E-state index in [1.54, 1.807) is 6.07 Å². The zero-order valence-corrected chi connectivity index (χ0v) is 11.2. The number of hydrogen-bond acceptors (Lipinski definition) is 2. The molecule has 1 aliphatic carbocycles. The van der Waals surface area contributed by atoms with Gasteiger partial charge in [-0.3, -0.25) is 4.79 Å². The van der Waals surface area contributed by atoms with Crippen molar-refractivity contribution in [3.63, 3.8) is 0 Å². The summed E-state index contributed by atoms with van der Waals surface area (Å²) in [6, 6.07) is 4.34. The molecule has 19 heavy (non-hydrogen) atoms. The van der Waals surface area contributed by atoms with Crippen LogP contribution in [0.3, 0.4) is 0 Å². The van der Waals surface area contributed by atoms with Crippen LogP contribution in [-0.2, 0) is 4.79 Å². The molecule has 3 rings (SSSR count). The number of fused-ring (bicyclic) bond motifs is 1. The zero-order chi connectivity index (χ0) is 13.4. The summed E-state index contributed by atoms with van der Waals surface area (Å²) >= 11 is 5.65. The van der Waals surface area contributed by atoms with Crippen LogP contribution in [0.15, 0.2) is 23.3 Å². The molecule has 0 radical (unpaired) electrons. The van der Waals surface area contributed by atoms with Crippen molar-refractivity contribution >= 4 is 28.9 Å². The van der Waals surface area contributed by atoms with Gasteiger partial charge in [-0.2, -0.15) is 5.10 Å². The molecule has 1 aliphatic heterocycles. The Morgan fingerprint density at radius 1 is 1.32 bits per heavy atom. The maximum Gasteiger partial charge on any atom is 0.256 e. The zero-order valence-electron chi connectivity index (χ0n) is 10.4. The second-order valence-corrected chi connectivity index (χ2v) is 5.40. The number of nitrogens with zero attached hydrogens (tertiary/aromatic N) is 2. The Bertz CT molecular complexity index is 558. The fraction of sp³-hybridized carbons (Fsp3) is 0.429. The molecule has 1 heterocycles. The summed E-state index contributed by atoms with van der Waals surface area (Å²) in [6.07, 6.45) is 5.00. The molecule has 1 fully saturated rings. The molecular formula is C14H14ClFN2O. The average Bonchev–Trinajstić information content (AvgIpc) is 2.59. The molecule has 1 saturated carbocycles. The number of amides is 1. The molecule has 0 spiro atoms.